The monoisotopic (exact) mass is 439 g/mol. The van der Waals surface area contributed by atoms with E-state index in [4.69, 9.17) is 0 Å². The van der Waals surface area contributed by atoms with Gasteiger partial charge < -0.3 is 10.2 Å². The van der Waals surface area contributed by atoms with Crippen molar-refractivity contribution in [3.05, 3.63) is 40.7 Å². The van der Waals surface area contributed by atoms with Crippen LogP contribution in [0.5, 0.6) is 0 Å². The quantitative estimate of drug-likeness (QED) is 0.565. The van der Waals surface area contributed by atoms with Crippen LogP contribution in [0.15, 0.2) is 40.7 Å². The molecule has 0 saturated carbocycles. The first-order valence-electron chi connectivity index (χ1n) is 9.77. The molecular weight excluding hydrogens is 410 g/mol. The Bertz CT molecular complexity index is 892. The normalized spacial score (nSPS) is 15.9. The van der Waals surface area contributed by atoms with Crippen molar-refractivity contribution in [2.45, 2.75) is 18.4 Å². The molecule has 2 aromatic heterocycles. The highest BCUT2D eigenvalue weighted by molar-refractivity contribution is 7.89. The van der Waals surface area contributed by atoms with E-state index in [1.807, 2.05) is 29.3 Å². The molecule has 0 aromatic carbocycles. The van der Waals surface area contributed by atoms with Gasteiger partial charge >= 0.3 is 0 Å². The molecule has 8 nitrogen and oxygen atoms in total. The summed E-state index contributed by atoms with van der Waals surface area (Å²) >= 11 is 1.60. The largest absolute Gasteiger partial charge is 0.348 e. The number of rotatable bonds is 8. The number of pyridine rings is 1. The van der Waals surface area contributed by atoms with Crippen LogP contribution in [0.4, 0.5) is 5.82 Å². The van der Waals surface area contributed by atoms with Crippen molar-refractivity contribution in [2.75, 3.05) is 51.2 Å². The Hall–Kier alpha value is -2.01. The fourth-order valence-corrected chi connectivity index (χ4v) is 5.27. The lowest BCUT2D eigenvalue weighted by molar-refractivity contribution is -0.883. The van der Waals surface area contributed by atoms with E-state index >= 15 is 0 Å². The number of sulfonamides is 1. The molecule has 0 atom stereocenters. The van der Waals surface area contributed by atoms with Crippen LogP contribution in [0.25, 0.3) is 0 Å². The lowest BCUT2D eigenvalue weighted by Gasteiger charge is -2.29. The zero-order valence-corrected chi connectivity index (χ0v) is 18.5. The Balaban J connectivity index is 1.62. The Labute approximate surface area is 176 Å². The van der Waals surface area contributed by atoms with Crippen LogP contribution in [-0.2, 0) is 21.4 Å². The summed E-state index contributed by atoms with van der Waals surface area (Å²) in [5.74, 6) is 0.630. The third-order valence-corrected chi connectivity index (χ3v) is 7.85. The van der Waals surface area contributed by atoms with E-state index in [-0.39, 0.29) is 17.3 Å². The molecule has 3 heterocycles. The number of carbonyl (C=O) groups is 1. The summed E-state index contributed by atoms with van der Waals surface area (Å²) in [6.07, 6.45) is 1.52. The highest BCUT2D eigenvalue weighted by atomic mass is 32.2. The van der Waals surface area contributed by atoms with E-state index in [0.29, 0.717) is 32.0 Å². The summed E-state index contributed by atoms with van der Waals surface area (Å²) in [4.78, 5) is 19.9. The average Bonchev–Trinajstić information content (AvgIpc) is 3.24. The van der Waals surface area contributed by atoms with Crippen molar-refractivity contribution in [1.82, 2.24) is 9.62 Å². The molecule has 1 fully saturated rings. The maximum atomic E-state index is 12.8. The molecule has 1 aliphatic rings. The first-order chi connectivity index (χ1) is 13.9. The lowest BCUT2D eigenvalue weighted by Crippen LogP contribution is -3.12. The SMILES string of the molecule is CCN(CC(=O)NCc1cccs1)c1ccc(S(=O)(=O)N2CC[NH+](C)CC2)c[nH+]1. The Kier molecular flexibility index (Phi) is 7.23. The number of amides is 1. The second kappa shape index (κ2) is 9.66. The summed E-state index contributed by atoms with van der Waals surface area (Å²) < 4.78 is 27.2. The summed E-state index contributed by atoms with van der Waals surface area (Å²) in [6.45, 7) is 5.97. The molecule has 0 aliphatic carbocycles. The van der Waals surface area contributed by atoms with Crippen LogP contribution in [0, 0.1) is 0 Å². The van der Waals surface area contributed by atoms with Crippen molar-refractivity contribution >= 4 is 33.1 Å². The van der Waals surface area contributed by atoms with Crippen molar-refractivity contribution < 1.29 is 23.1 Å². The molecule has 2 aromatic rings. The number of hydrogen-bond donors (Lipinski definition) is 2. The summed E-state index contributed by atoms with van der Waals surface area (Å²) in [6, 6.07) is 7.28. The first-order valence-corrected chi connectivity index (χ1v) is 12.1. The van der Waals surface area contributed by atoms with E-state index in [1.165, 1.54) is 11.1 Å². The average molecular weight is 440 g/mol. The lowest BCUT2D eigenvalue weighted by atomic mass is 10.4. The van der Waals surface area contributed by atoms with Crippen LogP contribution in [0.3, 0.4) is 0 Å². The summed E-state index contributed by atoms with van der Waals surface area (Å²) in [5, 5.41) is 4.89. The maximum Gasteiger partial charge on any atom is 0.274 e. The molecule has 1 aliphatic heterocycles. The van der Waals surface area contributed by atoms with Crippen LogP contribution in [-0.4, -0.2) is 64.9 Å². The third kappa shape index (κ3) is 5.53. The third-order valence-electron chi connectivity index (χ3n) is 5.08. The highest BCUT2D eigenvalue weighted by Crippen LogP contribution is 2.16. The molecule has 158 valence electrons. The van der Waals surface area contributed by atoms with Gasteiger partial charge in [0.05, 0.1) is 46.3 Å². The van der Waals surface area contributed by atoms with Gasteiger partial charge in [-0.25, -0.2) is 13.4 Å². The van der Waals surface area contributed by atoms with Gasteiger partial charge in [0.2, 0.25) is 10.0 Å². The van der Waals surface area contributed by atoms with E-state index in [0.717, 1.165) is 18.0 Å². The second-order valence-electron chi connectivity index (χ2n) is 7.14. The smallest absolute Gasteiger partial charge is 0.274 e. The summed E-state index contributed by atoms with van der Waals surface area (Å²) in [5.41, 5.74) is 0. The van der Waals surface area contributed by atoms with E-state index in [2.05, 4.69) is 17.3 Å². The molecule has 1 amide bonds. The number of quaternary nitrogens is 1. The Morgan fingerprint density at radius 2 is 2.07 bits per heavy atom. The molecule has 3 rings (SSSR count). The van der Waals surface area contributed by atoms with Gasteiger partial charge in [0.15, 0.2) is 6.54 Å². The predicted octanol–water partition coefficient (Wildman–Crippen LogP) is -0.776. The zero-order chi connectivity index (χ0) is 20.9. The topological polar surface area (TPSA) is 88.3 Å². The van der Waals surface area contributed by atoms with Crippen molar-refractivity contribution in [3.8, 4) is 0 Å². The molecule has 29 heavy (non-hydrogen) atoms. The van der Waals surface area contributed by atoms with Crippen LogP contribution < -0.4 is 20.1 Å². The summed E-state index contributed by atoms with van der Waals surface area (Å²) in [7, 11) is -1.43. The second-order valence-corrected chi connectivity index (χ2v) is 10.1. The van der Waals surface area contributed by atoms with Gasteiger partial charge in [0.25, 0.3) is 11.7 Å². The van der Waals surface area contributed by atoms with Crippen LogP contribution in [0.2, 0.25) is 0 Å². The fraction of sp³-hybridized carbons (Fsp3) is 0.474. The molecule has 0 bridgehead atoms. The minimum Gasteiger partial charge on any atom is -0.348 e. The number of anilines is 1. The number of piperazine rings is 1. The molecular formula is C19H29N5O3S2+2. The zero-order valence-electron chi connectivity index (χ0n) is 16.8. The van der Waals surface area contributed by atoms with Gasteiger partial charge in [-0.2, -0.15) is 4.31 Å². The number of aromatic nitrogens is 1. The number of nitrogens with zero attached hydrogens (tertiary/aromatic N) is 2. The van der Waals surface area contributed by atoms with Crippen LogP contribution >= 0.6 is 11.3 Å². The minimum atomic E-state index is -3.50. The predicted molar refractivity (Wildman–Crippen MR) is 112 cm³/mol. The molecule has 0 unspecified atom stereocenters. The molecule has 0 spiro atoms. The number of carbonyl (C=O) groups excluding carboxylic acids is 1. The maximum absolute atomic E-state index is 12.8. The molecule has 10 heteroatoms. The Morgan fingerprint density at radius 3 is 2.66 bits per heavy atom. The number of H-pyrrole nitrogens is 1. The van der Waals surface area contributed by atoms with Crippen LogP contribution in [0.1, 0.15) is 11.8 Å². The van der Waals surface area contributed by atoms with Gasteiger partial charge in [0, 0.05) is 10.9 Å². The van der Waals surface area contributed by atoms with Crippen molar-refractivity contribution in [1.29, 1.82) is 0 Å². The van der Waals surface area contributed by atoms with E-state index < -0.39 is 10.0 Å². The number of hydrogen-bond acceptors (Lipinski definition) is 5. The number of nitrogens with one attached hydrogen (secondary N) is 3. The minimum absolute atomic E-state index is 0.0784. The van der Waals surface area contributed by atoms with E-state index in [9.17, 15) is 13.2 Å². The molecule has 3 N–H and O–H groups in total. The highest BCUT2D eigenvalue weighted by Gasteiger charge is 2.30. The first kappa shape index (κ1) is 21.7. The van der Waals surface area contributed by atoms with Crippen molar-refractivity contribution in [3.63, 3.8) is 0 Å². The molecule has 0 radical (unpaired) electrons. The van der Waals surface area contributed by atoms with E-state index in [1.54, 1.807) is 27.8 Å². The van der Waals surface area contributed by atoms with Gasteiger partial charge in [-0.1, -0.05) is 6.07 Å². The number of likely N-dealkylation sites (N-methyl/N-ethyl adjacent to an activating group) is 2. The van der Waals surface area contributed by atoms with Gasteiger partial charge in [-0.3, -0.25) is 9.69 Å². The standard InChI is InChI=1S/C19H27N5O3S2/c1-3-23(15-19(25)21-13-16-5-4-12-28-16)18-7-6-17(14-20-18)29(26,27)24-10-8-22(2)9-11-24/h4-7,12,14H,3,8-11,13,15H2,1-2H3,(H,21,25)/p+2. The Morgan fingerprint density at radius 1 is 1.31 bits per heavy atom. The molecule has 1 saturated heterocycles. The number of aromatic amines is 1. The van der Waals surface area contributed by atoms with Gasteiger partial charge in [0.1, 0.15) is 11.1 Å². The number of thiophene rings is 1. The van der Waals surface area contributed by atoms with Gasteiger partial charge in [-0.05, 0) is 24.4 Å². The van der Waals surface area contributed by atoms with Crippen molar-refractivity contribution in [2.24, 2.45) is 0 Å². The fourth-order valence-electron chi connectivity index (χ4n) is 3.21. The van der Waals surface area contributed by atoms with Gasteiger partial charge in [-0.15, -0.1) is 11.3 Å².